The Morgan fingerprint density at radius 3 is 2.55 bits per heavy atom. The van der Waals surface area contributed by atoms with E-state index in [1.165, 1.54) is 0 Å². The maximum atomic E-state index is 14.3. The standard InChI is InChI=1S/C40H49N5O7S/c1-23(2)31-12-10-13-32(41-31)33-21-35(28-16-17-34(51-5)24(3)36(28)42-33)52-26-19-29-30(20-26)38(47)45(4)18-9-7-6-8-11-25-22-40(25,43-37(29)46)39(48)44-53(49,50)27-14-15-27/h8,10-13,16-17,21,23,25-27,29-30H,6-7,9,14-15,18-20,22H2,1-5H3,(H,43,46)(H,44,48)/b11-8+. The number of pyridine rings is 2. The van der Waals surface area contributed by atoms with E-state index in [0.717, 1.165) is 35.9 Å². The zero-order valence-corrected chi connectivity index (χ0v) is 31.9. The average Bonchev–Trinajstić information content (AvgIpc) is 4.06. The number of sulfonamides is 1. The van der Waals surface area contributed by atoms with Gasteiger partial charge in [0.2, 0.25) is 21.8 Å². The summed E-state index contributed by atoms with van der Waals surface area (Å²) in [4.78, 5) is 53.6. The minimum atomic E-state index is -3.83. The lowest BCUT2D eigenvalue weighted by Crippen LogP contribution is -2.54. The molecule has 3 fully saturated rings. The third-order valence-electron chi connectivity index (χ3n) is 11.3. The molecule has 1 aliphatic heterocycles. The lowest BCUT2D eigenvalue weighted by atomic mass is 9.93. The molecule has 3 aliphatic carbocycles. The SMILES string of the molecule is COc1ccc2c(OC3CC4C(=O)NC5(C(=O)NS(=O)(=O)C6CC6)CC5/C=C/CCCCN(C)C(=O)C4C3)cc(-c3cccc(C(C)C)n3)nc2c1C. The molecule has 2 N–H and O–H groups in total. The molecule has 282 valence electrons. The molecule has 12 nitrogen and oxygen atoms in total. The number of nitrogens with one attached hydrogen (secondary N) is 2. The smallest absolute Gasteiger partial charge is 0.259 e. The highest BCUT2D eigenvalue weighted by molar-refractivity contribution is 7.91. The van der Waals surface area contributed by atoms with Crippen LogP contribution in [0.25, 0.3) is 22.3 Å². The predicted octanol–water partition coefficient (Wildman–Crippen LogP) is 5.19. The molecule has 3 saturated carbocycles. The number of ether oxygens (including phenoxy) is 2. The van der Waals surface area contributed by atoms with Gasteiger partial charge in [0, 0.05) is 42.2 Å². The Morgan fingerprint density at radius 1 is 1.04 bits per heavy atom. The van der Waals surface area contributed by atoms with Gasteiger partial charge in [-0.05, 0) is 88.5 Å². The van der Waals surface area contributed by atoms with Crippen LogP contribution in [0.4, 0.5) is 0 Å². The van der Waals surface area contributed by atoms with Gasteiger partial charge in [-0.2, -0.15) is 0 Å². The fourth-order valence-electron chi connectivity index (χ4n) is 7.82. The molecular weight excluding hydrogens is 695 g/mol. The highest BCUT2D eigenvalue weighted by Crippen LogP contribution is 2.47. The predicted molar refractivity (Wildman–Crippen MR) is 201 cm³/mol. The monoisotopic (exact) mass is 743 g/mol. The summed E-state index contributed by atoms with van der Waals surface area (Å²) in [5.41, 5.74) is 2.39. The summed E-state index contributed by atoms with van der Waals surface area (Å²) < 4.78 is 40.3. The minimum absolute atomic E-state index is 0.151. The molecule has 5 atom stereocenters. The van der Waals surface area contributed by atoms with E-state index in [2.05, 4.69) is 23.9 Å². The molecule has 53 heavy (non-hydrogen) atoms. The third-order valence-corrected chi connectivity index (χ3v) is 13.1. The zero-order chi connectivity index (χ0) is 37.7. The summed E-state index contributed by atoms with van der Waals surface area (Å²) in [6, 6.07) is 11.5. The molecule has 3 heterocycles. The summed E-state index contributed by atoms with van der Waals surface area (Å²) in [6.45, 7) is 6.67. The van der Waals surface area contributed by atoms with Gasteiger partial charge >= 0.3 is 0 Å². The Morgan fingerprint density at radius 2 is 1.81 bits per heavy atom. The number of aromatic nitrogens is 2. The summed E-state index contributed by atoms with van der Waals surface area (Å²) in [5, 5.41) is 3.14. The van der Waals surface area contributed by atoms with Gasteiger partial charge in [0.1, 0.15) is 23.1 Å². The number of hydrogen-bond donors (Lipinski definition) is 2. The van der Waals surface area contributed by atoms with Crippen molar-refractivity contribution >= 4 is 38.6 Å². The average molecular weight is 744 g/mol. The molecule has 2 aromatic heterocycles. The van der Waals surface area contributed by atoms with Crippen molar-refractivity contribution in [3.63, 3.8) is 0 Å². The molecule has 7 rings (SSSR count). The number of carbonyl (C=O) groups excluding carboxylic acids is 3. The van der Waals surface area contributed by atoms with Crippen molar-refractivity contribution in [2.24, 2.45) is 17.8 Å². The third kappa shape index (κ3) is 7.36. The number of carbonyl (C=O) groups is 3. The van der Waals surface area contributed by atoms with Crippen molar-refractivity contribution < 1.29 is 32.3 Å². The van der Waals surface area contributed by atoms with E-state index in [4.69, 9.17) is 19.4 Å². The van der Waals surface area contributed by atoms with Crippen LogP contribution < -0.4 is 19.5 Å². The number of benzene rings is 1. The van der Waals surface area contributed by atoms with E-state index >= 15 is 0 Å². The normalized spacial score (nSPS) is 27.0. The Kier molecular flexibility index (Phi) is 9.99. The van der Waals surface area contributed by atoms with E-state index in [-0.39, 0.29) is 37.0 Å². The number of methoxy groups -OCH3 is 1. The summed E-state index contributed by atoms with van der Waals surface area (Å²) in [6.07, 6.45) is 7.57. The zero-order valence-electron chi connectivity index (χ0n) is 31.1. The van der Waals surface area contributed by atoms with Gasteiger partial charge in [-0.1, -0.05) is 32.1 Å². The van der Waals surface area contributed by atoms with Crippen LogP contribution in [-0.4, -0.2) is 78.6 Å². The second-order valence-electron chi connectivity index (χ2n) is 15.5. The Labute approximate surface area is 311 Å². The quantitative estimate of drug-likeness (QED) is 0.297. The first-order chi connectivity index (χ1) is 25.3. The van der Waals surface area contributed by atoms with E-state index in [1.807, 2.05) is 55.5 Å². The van der Waals surface area contributed by atoms with Crippen molar-refractivity contribution in [2.45, 2.75) is 94.9 Å². The molecule has 0 saturated heterocycles. The number of allylic oxidation sites excluding steroid dienone is 1. The van der Waals surface area contributed by atoms with E-state index in [0.29, 0.717) is 47.8 Å². The molecule has 4 aliphatic rings. The highest BCUT2D eigenvalue weighted by atomic mass is 32.2. The van der Waals surface area contributed by atoms with Gasteiger partial charge in [-0.3, -0.25) is 24.1 Å². The lowest BCUT2D eigenvalue weighted by molar-refractivity contribution is -0.140. The van der Waals surface area contributed by atoms with Gasteiger partial charge in [0.05, 0.1) is 41.1 Å². The van der Waals surface area contributed by atoms with Crippen LogP contribution in [0, 0.1) is 24.7 Å². The molecular formula is C40H49N5O7S. The number of nitrogens with zero attached hydrogens (tertiary/aromatic N) is 3. The lowest BCUT2D eigenvalue weighted by Gasteiger charge is -2.26. The largest absolute Gasteiger partial charge is 0.496 e. The molecule has 3 aromatic rings. The second kappa shape index (κ2) is 14.4. The summed E-state index contributed by atoms with van der Waals surface area (Å²) in [5.74, 6) is -1.72. The maximum Gasteiger partial charge on any atom is 0.259 e. The first-order valence-corrected chi connectivity index (χ1v) is 20.3. The van der Waals surface area contributed by atoms with Crippen LogP contribution in [0.5, 0.6) is 11.5 Å². The van der Waals surface area contributed by atoms with Crippen molar-refractivity contribution in [3.8, 4) is 22.9 Å². The van der Waals surface area contributed by atoms with Gasteiger partial charge in [-0.25, -0.2) is 13.4 Å². The molecule has 5 unspecified atom stereocenters. The van der Waals surface area contributed by atoms with E-state index < -0.39 is 50.6 Å². The van der Waals surface area contributed by atoms with Gasteiger partial charge < -0.3 is 19.7 Å². The van der Waals surface area contributed by atoms with Crippen LogP contribution in [0.3, 0.4) is 0 Å². The molecule has 0 spiro atoms. The number of amides is 3. The summed E-state index contributed by atoms with van der Waals surface area (Å²) >= 11 is 0. The molecule has 0 radical (unpaired) electrons. The van der Waals surface area contributed by atoms with Crippen LogP contribution in [-0.2, 0) is 24.4 Å². The summed E-state index contributed by atoms with van der Waals surface area (Å²) in [7, 11) is -0.453. The van der Waals surface area contributed by atoms with Crippen LogP contribution in [0.15, 0.2) is 48.6 Å². The molecule has 1 aromatic carbocycles. The fraction of sp³-hybridized carbons (Fsp3) is 0.525. The Balaban J connectivity index is 1.22. The number of fused-ring (bicyclic) bond motifs is 3. The van der Waals surface area contributed by atoms with E-state index in [1.54, 1.807) is 19.1 Å². The number of hydrogen-bond acceptors (Lipinski definition) is 9. The number of aryl methyl sites for hydroxylation is 1. The molecule has 3 amide bonds. The van der Waals surface area contributed by atoms with Crippen LogP contribution in [0.2, 0.25) is 0 Å². The van der Waals surface area contributed by atoms with Crippen molar-refractivity contribution in [1.82, 2.24) is 24.9 Å². The number of rotatable bonds is 8. The Hall–Kier alpha value is -4.52. The first-order valence-electron chi connectivity index (χ1n) is 18.7. The second-order valence-corrected chi connectivity index (χ2v) is 17.4. The minimum Gasteiger partial charge on any atom is -0.496 e. The van der Waals surface area contributed by atoms with Gasteiger partial charge in [0.25, 0.3) is 5.91 Å². The Bertz CT molecular complexity index is 2080. The van der Waals surface area contributed by atoms with Crippen LogP contribution >= 0.6 is 0 Å². The van der Waals surface area contributed by atoms with Crippen molar-refractivity contribution in [2.75, 3.05) is 20.7 Å². The highest BCUT2D eigenvalue weighted by Gasteiger charge is 2.62. The molecule has 13 heteroatoms. The van der Waals surface area contributed by atoms with Gasteiger partial charge in [0.15, 0.2) is 0 Å². The van der Waals surface area contributed by atoms with Gasteiger partial charge in [-0.15, -0.1) is 0 Å². The van der Waals surface area contributed by atoms with E-state index in [9.17, 15) is 22.8 Å². The molecule has 0 bridgehead atoms. The van der Waals surface area contributed by atoms with Crippen molar-refractivity contribution in [3.05, 3.63) is 59.8 Å². The topological polar surface area (TPSA) is 157 Å². The first kappa shape index (κ1) is 36.8. The fourth-order valence-corrected chi connectivity index (χ4v) is 9.18. The maximum absolute atomic E-state index is 14.3. The van der Waals surface area contributed by atoms with Crippen molar-refractivity contribution in [1.29, 1.82) is 0 Å². The van der Waals surface area contributed by atoms with Crippen LogP contribution in [0.1, 0.15) is 82.4 Å².